The van der Waals surface area contributed by atoms with Crippen LogP contribution in [0.15, 0.2) is 5.38 Å². The maximum atomic E-state index is 12.1. The first-order valence-electron chi connectivity index (χ1n) is 5.68. The van der Waals surface area contributed by atoms with Crippen molar-refractivity contribution in [1.82, 2.24) is 9.97 Å². The number of hydrogen-bond donors (Lipinski definition) is 1. The van der Waals surface area contributed by atoms with Crippen LogP contribution < -0.4 is 5.32 Å². The van der Waals surface area contributed by atoms with E-state index in [4.69, 9.17) is 0 Å². The highest BCUT2D eigenvalue weighted by atomic mass is 32.1. The summed E-state index contributed by atoms with van der Waals surface area (Å²) in [6, 6.07) is 0. The topological polar surface area (TPSA) is 54.9 Å². The number of aromatic nitrogens is 2. The van der Waals surface area contributed by atoms with Gasteiger partial charge >= 0.3 is 0 Å². The molecule has 6 heteroatoms. The van der Waals surface area contributed by atoms with Crippen molar-refractivity contribution < 1.29 is 4.79 Å². The third kappa shape index (κ3) is 2.76. The molecule has 2 rings (SSSR count). The largest absolute Gasteiger partial charge is 0.297 e. The molecule has 0 saturated heterocycles. The lowest BCUT2D eigenvalue weighted by molar-refractivity contribution is 0.103. The van der Waals surface area contributed by atoms with Crippen LogP contribution in [0.5, 0.6) is 0 Å². The number of nitrogens with zero attached hydrogens (tertiary/aromatic N) is 2. The van der Waals surface area contributed by atoms with Gasteiger partial charge in [0.05, 0.1) is 16.4 Å². The number of anilines is 1. The number of thiazole rings is 2. The molecular weight excluding hydrogens is 266 g/mol. The molecule has 0 fully saturated rings. The van der Waals surface area contributed by atoms with Crippen molar-refractivity contribution in [3.05, 3.63) is 26.7 Å². The summed E-state index contributed by atoms with van der Waals surface area (Å²) in [7, 11) is 0. The van der Waals surface area contributed by atoms with E-state index in [1.54, 1.807) is 0 Å². The van der Waals surface area contributed by atoms with Gasteiger partial charge in [-0.15, -0.1) is 22.7 Å². The SMILES string of the molecule is Cc1csc(NC(=O)c2sc(C(C)C)nc2C)n1. The van der Waals surface area contributed by atoms with E-state index in [9.17, 15) is 4.79 Å². The molecule has 0 radical (unpaired) electrons. The van der Waals surface area contributed by atoms with Gasteiger partial charge in [0.2, 0.25) is 0 Å². The lowest BCUT2D eigenvalue weighted by Crippen LogP contribution is -2.11. The first kappa shape index (κ1) is 13.2. The first-order valence-corrected chi connectivity index (χ1v) is 7.37. The second kappa shape index (κ2) is 5.16. The fourth-order valence-corrected chi connectivity index (χ4v) is 3.09. The van der Waals surface area contributed by atoms with Gasteiger partial charge in [-0.25, -0.2) is 9.97 Å². The van der Waals surface area contributed by atoms with Crippen molar-refractivity contribution in [3.63, 3.8) is 0 Å². The second-order valence-corrected chi connectivity index (χ2v) is 6.26. The van der Waals surface area contributed by atoms with Gasteiger partial charge in [-0.1, -0.05) is 13.8 Å². The van der Waals surface area contributed by atoms with Crippen LogP contribution in [-0.4, -0.2) is 15.9 Å². The monoisotopic (exact) mass is 281 g/mol. The molecule has 2 aromatic heterocycles. The number of amides is 1. The van der Waals surface area contributed by atoms with Crippen LogP contribution in [-0.2, 0) is 0 Å². The van der Waals surface area contributed by atoms with Gasteiger partial charge in [-0.2, -0.15) is 0 Å². The zero-order valence-electron chi connectivity index (χ0n) is 10.8. The Morgan fingerprint density at radius 3 is 2.56 bits per heavy atom. The van der Waals surface area contributed by atoms with E-state index in [0.29, 0.717) is 15.9 Å². The summed E-state index contributed by atoms with van der Waals surface area (Å²) in [6.45, 7) is 7.92. The van der Waals surface area contributed by atoms with Gasteiger partial charge in [0.15, 0.2) is 5.13 Å². The van der Waals surface area contributed by atoms with Crippen LogP contribution in [0.25, 0.3) is 0 Å². The molecule has 4 nitrogen and oxygen atoms in total. The van der Waals surface area contributed by atoms with Crippen LogP contribution >= 0.6 is 22.7 Å². The van der Waals surface area contributed by atoms with Crippen molar-refractivity contribution >= 4 is 33.7 Å². The molecule has 0 aliphatic rings. The van der Waals surface area contributed by atoms with Crippen molar-refractivity contribution in [3.8, 4) is 0 Å². The maximum absolute atomic E-state index is 12.1. The Morgan fingerprint density at radius 1 is 1.33 bits per heavy atom. The molecule has 0 atom stereocenters. The standard InChI is InChI=1S/C12H15N3OS2/c1-6(2)11-14-8(4)9(18-11)10(16)15-12-13-7(3)5-17-12/h5-6H,1-4H3,(H,13,15,16). The molecule has 0 aromatic carbocycles. The van der Waals surface area contributed by atoms with E-state index in [1.165, 1.54) is 22.7 Å². The molecule has 0 aliphatic heterocycles. The lowest BCUT2D eigenvalue weighted by Gasteiger charge is -1.99. The van der Waals surface area contributed by atoms with Crippen LogP contribution in [0.4, 0.5) is 5.13 Å². The molecule has 0 saturated carbocycles. The number of carbonyl (C=O) groups is 1. The zero-order valence-corrected chi connectivity index (χ0v) is 12.4. The van der Waals surface area contributed by atoms with Crippen LogP contribution in [0.1, 0.15) is 45.8 Å². The predicted octanol–water partition coefficient (Wildman–Crippen LogP) is 3.59. The Hall–Kier alpha value is -1.27. The molecular formula is C12H15N3OS2. The molecule has 0 unspecified atom stereocenters. The van der Waals surface area contributed by atoms with Crippen molar-refractivity contribution in [2.75, 3.05) is 5.32 Å². The van der Waals surface area contributed by atoms with Gasteiger partial charge in [-0.3, -0.25) is 10.1 Å². The molecule has 0 bridgehead atoms. The summed E-state index contributed by atoms with van der Waals surface area (Å²) in [6.07, 6.45) is 0. The first-order chi connectivity index (χ1) is 8.47. The minimum atomic E-state index is -0.119. The number of rotatable bonds is 3. The van der Waals surface area contributed by atoms with Crippen LogP contribution in [0, 0.1) is 13.8 Å². The number of carbonyl (C=O) groups excluding carboxylic acids is 1. The number of hydrogen-bond acceptors (Lipinski definition) is 5. The minimum absolute atomic E-state index is 0.119. The molecule has 0 aliphatic carbocycles. The third-order valence-corrected chi connectivity index (χ3v) is 4.69. The van der Waals surface area contributed by atoms with E-state index >= 15 is 0 Å². The van der Waals surface area contributed by atoms with E-state index in [0.717, 1.165) is 16.4 Å². The fourth-order valence-electron chi connectivity index (χ4n) is 1.44. The van der Waals surface area contributed by atoms with E-state index in [2.05, 4.69) is 29.1 Å². The average molecular weight is 281 g/mol. The Morgan fingerprint density at radius 2 is 2.06 bits per heavy atom. The van der Waals surface area contributed by atoms with Crippen molar-refractivity contribution in [2.45, 2.75) is 33.6 Å². The molecule has 1 N–H and O–H groups in total. The quantitative estimate of drug-likeness (QED) is 0.935. The van der Waals surface area contributed by atoms with Gasteiger partial charge in [-0.05, 0) is 13.8 Å². The predicted molar refractivity (Wildman–Crippen MR) is 75.7 cm³/mol. The fraction of sp³-hybridized carbons (Fsp3) is 0.417. The third-order valence-electron chi connectivity index (χ3n) is 2.35. The lowest BCUT2D eigenvalue weighted by atomic mass is 10.2. The highest BCUT2D eigenvalue weighted by Crippen LogP contribution is 2.25. The van der Waals surface area contributed by atoms with E-state index < -0.39 is 0 Å². The normalized spacial score (nSPS) is 10.9. The van der Waals surface area contributed by atoms with Crippen molar-refractivity contribution in [2.24, 2.45) is 0 Å². The second-order valence-electron chi connectivity index (χ2n) is 4.37. The molecule has 2 aromatic rings. The van der Waals surface area contributed by atoms with Gasteiger partial charge in [0.25, 0.3) is 5.91 Å². The minimum Gasteiger partial charge on any atom is -0.297 e. The van der Waals surface area contributed by atoms with E-state index in [-0.39, 0.29) is 5.91 Å². The van der Waals surface area contributed by atoms with E-state index in [1.807, 2.05) is 19.2 Å². The van der Waals surface area contributed by atoms with Gasteiger partial charge < -0.3 is 0 Å². The highest BCUT2D eigenvalue weighted by Gasteiger charge is 2.17. The summed E-state index contributed by atoms with van der Waals surface area (Å²) in [5, 5.41) is 6.35. The zero-order chi connectivity index (χ0) is 13.3. The Balaban J connectivity index is 2.18. The summed E-state index contributed by atoms with van der Waals surface area (Å²) in [4.78, 5) is 21.4. The molecule has 2 heterocycles. The Labute approximate surface area is 114 Å². The average Bonchev–Trinajstić information content (AvgIpc) is 2.85. The maximum Gasteiger partial charge on any atom is 0.269 e. The summed E-state index contributed by atoms with van der Waals surface area (Å²) < 4.78 is 0. The van der Waals surface area contributed by atoms with Crippen LogP contribution in [0.3, 0.4) is 0 Å². The summed E-state index contributed by atoms with van der Waals surface area (Å²) in [5.41, 5.74) is 1.70. The molecule has 18 heavy (non-hydrogen) atoms. The van der Waals surface area contributed by atoms with Crippen LogP contribution in [0.2, 0.25) is 0 Å². The Bertz CT molecular complexity index is 572. The molecule has 0 spiro atoms. The summed E-state index contributed by atoms with van der Waals surface area (Å²) in [5.74, 6) is 0.226. The Kier molecular flexibility index (Phi) is 3.77. The van der Waals surface area contributed by atoms with Crippen molar-refractivity contribution in [1.29, 1.82) is 0 Å². The number of aryl methyl sites for hydroxylation is 2. The highest BCUT2D eigenvalue weighted by molar-refractivity contribution is 7.15. The van der Waals surface area contributed by atoms with Gasteiger partial charge in [0.1, 0.15) is 4.88 Å². The smallest absolute Gasteiger partial charge is 0.269 e. The summed E-state index contributed by atoms with van der Waals surface area (Å²) >= 11 is 2.89. The number of nitrogens with one attached hydrogen (secondary N) is 1. The molecule has 1 amide bonds. The molecule has 96 valence electrons. The van der Waals surface area contributed by atoms with Gasteiger partial charge in [0, 0.05) is 11.3 Å².